The van der Waals surface area contributed by atoms with Crippen molar-refractivity contribution in [1.82, 2.24) is 0 Å². The zero-order valence-electron chi connectivity index (χ0n) is 10.5. The van der Waals surface area contributed by atoms with Crippen LogP contribution in [-0.2, 0) is 4.79 Å². The topological polar surface area (TPSA) is 17.1 Å². The lowest BCUT2D eigenvalue weighted by Crippen LogP contribution is -2.21. The SMILES string of the molecule is CC1CCC(=O)CC1/C=C\C1CCCCC1. The first-order valence-electron chi connectivity index (χ1n) is 6.95. The van der Waals surface area contributed by atoms with Crippen LogP contribution in [-0.4, -0.2) is 5.78 Å². The van der Waals surface area contributed by atoms with E-state index >= 15 is 0 Å². The maximum absolute atomic E-state index is 11.4. The predicted octanol–water partition coefficient (Wildman–Crippen LogP) is 4.13. The first kappa shape index (κ1) is 11.9. The minimum absolute atomic E-state index is 0.469. The molecule has 2 aliphatic rings. The molecular weight excluding hydrogens is 196 g/mol. The normalized spacial score (nSPS) is 33.4. The second-order valence-electron chi connectivity index (χ2n) is 5.71. The Morgan fingerprint density at radius 3 is 2.56 bits per heavy atom. The van der Waals surface area contributed by atoms with Crippen molar-refractivity contribution in [1.29, 1.82) is 0 Å². The van der Waals surface area contributed by atoms with Gasteiger partial charge in [-0.3, -0.25) is 4.79 Å². The summed E-state index contributed by atoms with van der Waals surface area (Å²) < 4.78 is 0. The van der Waals surface area contributed by atoms with Gasteiger partial charge in [-0.15, -0.1) is 0 Å². The summed E-state index contributed by atoms with van der Waals surface area (Å²) in [5, 5.41) is 0. The Labute approximate surface area is 99.3 Å². The van der Waals surface area contributed by atoms with E-state index in [0.29, 0.717) is 17.6 Å². The van der Waals surface area contributed by atoms with E-state index in [-0.39, 0.29) is 0 Å². The van der Waals surface area contributed by atoms with Gasteiger partial charge < -0.3 is 0 Å². The average molecular weight is 220 g/mol. The molecule has 0 heterocycles. The fourth-order valence-electron chi connectivity index (χ4n) is 3.05. The highest BCUT2D eigenvalue weighted by Crippen LogP contribution is 2.30. The molecule has 0 aliphatic heterocycles. The molecule has 0 aromatic rings. The van der Waals surface area contributed by atoms with Gasteiger partial charge >= 0.3 is 0 Å². The smallest absolute Gasteiger partial charge is 0.133 e. The number of carbonyl (C=O) groups is 1. The molecule has 0 N–H and O–H groups in total. The average Bonchev–Trinajstić information content (AvgIpc) is 2.32. The van der Waals surface area contributed by atoms with Crippen molar-refractivity contribution in [3.05, 3.63) is 12.2 Å². The zero-order chi connectivity index (χ0) is 11.4. The van der Waals surface area contributed by atoms with Crippen LogP contribution in [0.2, 0.25) is 0 Å². The van der Waals surface area contributed by atoms with Gasteiger partial charge in [0.2, 0.25) is 0 Å². The summed E-state index contributed by atoms with van der Waals surface area (Å²) >= 11 is 0. The number of ketones is 1. The molecule has 2 rings (SSSR count). The van der Waals surface area contributed by atoms with E-state index in [1.807, 2.05) is 0 Å². The Morgan fingerprint density at radius 2 is 1.81 bits per heavy atom. The van der Waals surface area contributed by atoms with E-state index in [1.165, 1.54) is 32.1 Å². The zero-order valence-corrected chi connectivity index (χ0v) is 10.5. The molecule has 1 heteroatoms. The molecule has 90 valence electrons. The van der Waals surface area contributed by atoms with Crippen LogP contribution in [0.25, 0.3) is 0 Å². The van der Waals surface area contributed by atoms with E-state index in [4.69, 9.17) is 0 Å². The molecule has 2 aliphatic carbocycles. The van der Waals surface area contributed by atoms with E-state index < -0.39 is 0 Å². The molecule has 0 bridgehead atoms. The van der Waals surface area contributed by atoms with Crippen LogP contribution in [0.5, 0.6) is 0 Å². The van der Waals surface area contributed by atoms with Crippen molar-refractivity contribution < 1.29 is 4.79 Å². The maximum atomic E-state index is 11.4. The molecule has 2 atom stereocenters. The van der Waals surface area contributed by atoms with E-state index in [1.54, 1.807) is 0 Å². The largest absolute Gasteiger partial charge is 0.300 e. The summed E-state index contributed by atoms with van der Waals surface area (Å²) in [6.45, 7) is 2.29. The van der Waals surface area contributed by atoms with Crippen molar-refractivity contribution >= 4 is 5.78 Å². The minimum Gasteiger partial charge on any atom is -0.300 e. The van der Waals surface area contributed by atoms with Crippen LogP contribution in [0.3, 0.4) is 0 Å². The van der Waals surface area contributed by atoms with Gasteiger partial charge in [-0.2, -0.15) is 0 Å². The van der Waals surface area contributed by atoms with E-state index in [9.17, 15) is 4.79 Å². The number of Topliss-reactive ketones (excluding diaryl/α,β-unsaturated/α-hetero) is 1. The maximum Gasteiger partial charge on any atom is 0.133 e. The van der Waals surface area contributed by atoms with E-state index in [0.717, 1.165) is 25.2 Å². The highest BCUT2D eigenvalue weighted by atomic mass is 16.1. The molecule has 0 spiro atoms. The second kappa shape index (κ2) is 5.65. The lowest BCUT2D eigenvalue weighted by molar-refractivity contribution is -0.121. The van der Waals surface area contributed by atoms with Gasteiger partial charge in [0.15, 0.2) is 0 Å². The molecule has 16 heavy (non-hydrogen) atoms. The van der Waals surface area contributed by atoms with Gasteiger partial charge in [0, 0.05) is 12.8 Å². The fraction of sp³-hybridized carbons (Fsp3) is 0.800. The molecule has 2 saturated carbocycles. The van der Waals surface area contributed by atoms with Crippen molar-refractivity contribution in [2.24, 2.45) is 17.8 Å². The third kappa shape index (κ3) is 3.20. The van der Waals surface area contributed by atoms with Crippen LogP contribution in [0.15, 0.2) is 12.2 Å². The number of allylic oxidation sites excluding steroid dienone is 2. The Hall–Kier alpha value is -0.590. The van der Waals surface area contributed by atoms with Gasteiger partial charge in [-0.05, 0) is 37.0 Å². The highest BCUT2D eigenvalue weighted by molar-refractivity contribution is 5.79. The van der Waals surface area contributed by atoms with Crippen LogP contribution in [0.4, 0.5) is 0 Å². The standard InChI is InChI=1S/C15H24O/c1-12-7-10-15(16)11-14(12)9-8-13-5-3-2-4-6-13/h8-9,12-14H,2-7,10-11H2,1H3/b9-8-. The lowest BCUT2D eigenvalue weighted by atomic mass is 9.78. The van der Waals surface area contributed by atoms with Gasteiger partial charge in [0.1, 0.15) is 5.78 Å². The number of hydrogen-bond acceptors (Lipinski definition) is 1. The van der Waals surface area contributed by atoms with Crippen LogP contribution in [0, 0.1) is 17.8 Å². The number of rotatable bonds is 2. The van der Waals surface area contributed by atoms with Crippen LogP contribution >= 0.6 is 0 Å². The summed E-state index contributed by atoms with van der Waals surface area (Å²) in [5.74, 6) is 2.51. The molecule has 1 nitrogen and oxygen atoms in total. The Balaban J connectivity index is 1.86. The van der Waals surface area contributed by atoms with Crippen molar-refractivity contribution in [3.8, 4) is 0 Å². The summed E-state index contributed by atoms with van der Waals surface area (Å²) in [6, 6.07) is 0. The summed E-state index contributed by atoms with van der Waals surface area (Å²) in [7, 11) is 0. The molecule has 0 saturated heterocycles. The third-order valence-corrected chi connectivity index (χ3v) is 4.35. The summed E-state index contributed by atoms with van der Waals surface area (Å²) in [5.41, 5.74) is 0. The quantitative estimate of drug-likeness (QED) is 0.639. The molecule has 2 unspecified atom stereocenters. The van der Waals surface area contributed by atoms with Crippen molar-refractivity contribution in [2.75, 3.05) is 0 Å². The number of hydrogen-bond donors (Lipinski definition) is 0. The molecule has 0 aromatic carbocycles. The van der Waals surface area contributed by atoms with Gasteiger partial charge in [0.05, 0.1) is 0 Å². The van der Waals surface area contributed by atoms with E-state index in [2.05, 4.69) is 19.1 Å². The minimum atomic E-state index is 0.469. The molecule has 0 aromatic heterocycles. The Kier molecular flexibility index (Phi) is 4.20. The highest BCUT2D eigenvalue weighted by Gasteiger charge is 2.24. The molecule has 2 fully saturated rings. The second-order valence-corrected chi connectivity index (χ2v) is 5.71. The lowest BCUT2D eigenvalue weighted by Gasteiger charge is -2.26. The first-order chi connectivity index (χ1) is 7.75. The third-order valence-electron chi connectivity index (χ3n) is 4.35. The predicted molar refractivity (Wildman–Crippen MR) is 67.2 cm³/mol. The Bertz CT molecular complexity index is 261. The Morgan fingerprint density at radius 1 is 1.06 bits per heavy atom. The molecular formula is C15H24O. The summed E-state index contributed by atoms with van der Waals surface area (Å²) in [6.07, 6.45) is 14.4. The van der Waals surface area contributed by atoms with Gasteiger partial charge in [-0.25, -0.2) is 0 Å². The van der Waals surface area contributed by atoms with Gasteiger partial charge in [-0.1, -0.05) is 38.3 Å². The van der Waals surface area contributed by atoms with Crippen molar-refractivity contribution in [3.63, 3.8) is 0 Å². The first-order valence-corrected chi connectivity index (χ1v) is 6.95. The monoisotopic (exact) mass is 220 g/mol. The van der Waals surface area contributed by atoms with Crippen molar-refractivity contribution in [2.45, 2.75) is 58.3 Å². The summed E-state index contributed by atoms with van der Waals surface area (Å²) in [4.78, 5) is 11.4. The van der Waals surface area contributed by atoms with Crippen LogP contribution in [0.1, 0.15) is 58.3 Å². The van der Waals surface area contributed by atoms with Crippen LogP contribution < -0.4 is 0 Å². The molecule has 0 amide bonds. The van der Waals surface area contributed by atoms with Gasteiger partial charge in [0.25, 0.3) is 0 Å². The molecule has 0 radical (unpaired) electrons. The number of carbonyl (C=O) groups excluding carboxylic acids is 1. The fourth-order valence-corrected chi connectivity index (χ4v) is 3.05.